The topological polar surface area (TPSA) is 0 Å². The largest absolute Gasteiger partial charge is 0.399 e. The Morgan fingerprint density at radius 2 is 1.79 bits per heavy atom. The number of halogens is 3. The van der Waals surface area contributed by atoms with Crippen molar-refractivity contribution < 1.29 is 13.2 Å². The Labute approximate surface area is 80.1 Å². The molecule has 0 fully saturated rings. The number of hydrogen-bond donors (Lipinski definition) is 0. The molecule has 0 unspecified atom stereocenters. The smallest absolute Gasteiger partial charge is 0.170 e. The summed E-state index contributed by atoms with van der Waals surface area (Å²) in [5, 5.41) is 0. The number of benzene rings is 1. The van der Waals surface area contributed by atoms with Crippen LogP contribution >= 0.6 is 0 Å². The lowest BCUT2D eigenvalue weighted by atomic mass is 9.87. The van der Waals surface area contributed by atoms with E-state index in [9.17, 15) is 13.2 Å². The van der Waals surface area contributed by atoms with E-state index in [0.717, 1.165) is 0 Å². The number of alkyl halides is 3. The number of hydrogen-bond acceptors (Lipinski definition) is 0. The number of allylic oxidation sites excluding steroid dienone is 1. The molecule has 0 spiro atoms. The molecular formula is C11H8F3. The van der Waals surface area contributed by atoms with Gasteiger partial charge in [-0.2, -0.15) is 13.2 Å². The van der Waals surface area contributed by atoms with Gasteiger partial charge >= 0.3 is 6.18 Å². The summed E-state index contributed by atoms with van der Waals surface area (Å²) in [7, 11) is 0. The average molecular weight is 197 g/mol. The molecule has 73 valence electrons. The second-order valence-electron chi connectivity index (χ2n) is 3.17. The minimum Gasteiger partial charge on any atom is -0.170 e. The number of rotatable bonds is 0. The predicted molar refractivity (Wildman–Crippen MR) is 48.5 cm³/mol. The Morgan fingerprint density at radius 1 is 1.07 bits per heavy atom. The molecule has 1 radical (unpaired) electrons. The Hall–Kier alpha value is -1.25. The minimum atomic E-state index is -4.22. The molecule has 1 aromatic rings. The first-order valence-corrected chi connectivity index (χ1v) is 4.28. The van der Waals surface area contributed by atoms with Gasteiger partial charge in [0.25, 0.3) is 0 Å². The molecule has 0 aromatic heterocycles. The van der Waals surface area contributed by atoms with Crippen molar-refractivity contribution in [3.8, 4) is 0 Å². The summed E-state index contributed by atoms with van der Waals surface area (Å²) >= 11 is 0. The molecule has 0 nitrogen and oxygen atoms in total. The zero-order valence-corrected chi connectivity index (χ0v) is 7.31. The van der Waals surface area contributed by atoms with Crippen LogP contribution in [-0.4, -0.2) is 6.18 Å². The van der Waals surface area contributed by atoms with Gasteiger partial charge in [0.05, 0.1) is 0 Å². The standard InChI is InChI=1S/C11H8F3/c12-11(13,14)10-7-3-5-8-4-1-2-6-9(8)10/h1-6H,7H2. The predicted octanol–water partition coefficient (Wildman–Crippen LogP) is 3.59. The van der Waals surface area contributed by atoms with E-state index in [1.54, 1.807) is 30.4 Å². The first kappa shape index (κ1) is 9.31. The van der Waals surface area contributed by atoms with Gasteiger partial charge in [-0.05, 0) is 17.5 Å². The third-order valence-electron chi connectivity index (χ3n) is 2.25. The summed E-state index contributed by atoms with van der Waals surface area (Å²) in [5.74, 6) is -0.449. The molecule has 0 amide bonds. The molecule has 0 saturated heterocycles. The van der Waals surface area contributed by atoms with E-state index in [1.807, 2.05) is 0 Å². The Balaban J connectivity index is 2.46. The van der Waals surface area contributed by atoms with E-state index in [2.05, 4.69) is 0 Å². The average Bonchev–Trinajstić information content (AvgIpc) is 2.15. The molecule has 0 aliphatic heterocycles. The minimum absolute atomic E-state index is 0.0273. The fourth-order valence-electron chi connectivity index (χ4n) is 1.60. The third-order valence-corrected chi connectivity index (χ3v) is 2.25. The fraction of sp³-hybridized carbons (Fsp3) is 0.182. The molecule has 0 heterocycles. The maximum Gasteiger partial charge on any atom is 0.399 e. The van der Waals surface area contributed by atoms with Gasteiger partial charge in [-0.1, -0.05) is 36.4 Å². The van der Waals surface area contributed by atoms with E-state index in [1.165, 1.54) is 6.07 Å². The lowest BCUT2D eigenvalue weighted by Crippen LogP contribution is -2.23. The van der Waals surface area contributed by atoms with E-state index in [-0.39, 0.29) is 6.42 Å². The SMILES string of the molecule is FC(F)(F)[C]1CC=Cc2ccccc21. The molecule has 0 N–H and O–H groups in total. The van der Waals surface area contributed by atoms with Gasteiger partial charge in [0.15, 0.2) is 0 Å². The van der Waals surface area contributed by atoms with Gasteiger partial charge in [-0.3, -0.25) is 0 Å². The van der Waals surface area contributed by atoms with Crippen LogP contribution in [0.5, 0.6) is 0 Å². The maximum atomic E-state index is 12.5. The van der Waals surface area contributed by atoms with E-state index in [0.29, 0.717) is 11.1 Å². The molecule has 1 aliphatic carbocycles. The molecule has 3 heteroatoms. The lowest BCUT2D eigenvalue weighted by Gasteiger charge is -2.23. The zero-order valence-electron chi connectivity index (χ0n) is 7.31. The van der Waals surface area contributed by atoms with Crippen LogP contribution in [0.25, 0.3) is 6.08 Å². The van der Waals surface area contributed by atoms with Gasteiger partial charge in [0.2, 0.25) is 0 Å². The van der Waals surface area contributed by atoms with Gasteiger partial charge in [-0.15, -0.1) is 0 Å². The van der Waals surface area contributed by atoms with E-state index < -0.39 is 12.1 Å². The highest BCUT2D eigenvalue weighted by molar-refractivity contribution is 5.62. The lowest BCUT2D eigenvalue weighted by molar-refractivity contribution is -0.110. The zero-order chi connectivity index (χ0) is 10.2. The molecule has 1 aromatic carbocycles. The third kappa shape index (κ3) is 1.54. The maximum absolute atomic E-state index is 12.5. The van der Waals surface area contributed by atoms with Gasteiger partial charge in [0.1, 0.15) is 5.92 Å². The van der Waals surface area contributed by atoms with Crippen molar-refractivity contribution in [2.24, 2.45) is 0 Å². The van der Waals surface area contributed by atoms with Gasteiger partial charge < -0.3 is 0 Å². The Bertz CT molecular complexity index is 363. The van der Waals surface area contributed by atoms with Crippen LogP contribution in [-0.2, 0) is 0 Å². The highest BCUT2D eigenvalue weighted by Gasteiger charge is 2.42. The van der Waals surface area contributed by atoms with Gasteiger partial charge in [0, 0.05) is 0 Å². The number of fused-ring (bicyclic) bond motifs is 1. The van der Waals surface area contributed by atoms with Crippen molar-refractivity contribution in [1.82, 2.24) is 0 Å². The summed E-state index contributed by atoms with van der Waals surface area (Å²) in [4.78, 5) is 0. The Kier molecular flexibility index (Phi) is 2.10. The monoisotopic (exact) mass is 197 g/mol. The van der Waals surface area contributed by atoms with Crippen molar-refractivity contribution in [3.63, 3.8) is 0 Å². The molecule has 2 rings (SSSR count). The van der Waals surface area contributed by atoms with Crippen molar-refractivity contribution in [3.05, 3.63) is 47.4 Å². The van der Waals surface area contributed by atoms with Crippen LogP contribution in [0.15, 0.2) is 30.3 Å². The van der Waals surface area contributed by atoms with Crippen molar-refractivity contribution in [2.75, 3.05) is 0 Å². The molecule has 14 heavy (non-hydrogen) atoms. The highest BCUT2D eigenvalue weighted by Crippen LogP contribution is 2.40. The molecule has 1 aliphatic rings. The first-order chi connectivity index (χ1) is 6.59. The van der Waals surface area contributed by atoms with Crippen LogP contribution in [0.1, 0.15) is 17.5 Å². The van der Waals surface area contributed by atoms with Crippen LogP contribution < -0.4 is 0 Å². The van der Waals surface area contributed by atoms with Crippen molar-refractivity contribution in [2.45, 2.75) is 12.6 Å². The molecule has 0 atom stereocenters. The fourth-order valence-corrected chi connectivity index (χ4v) is 1.60. The van der Waals surface area contributed by atoms with Crippen LogP contribution in [0.3, 0.4) is 0 Å². The van der Waals surface area contributed by atoms with Crippen LogP contribution in [0.2, 0.25) is 0 Å². The summed E-state index contributed by atoms with van der Waals surface area (Å²) < 4.78 is 37.6. The molecule has 0 bridgehead atoms. The van der Waals surface area contributed by atoms with Gasteiger partial charge in [-0.25, -0.2) is 0 Å². The Morgan fingerprint density at radius 3 is 2.50 bits per heavy atom. The van der Waals surface area contributed by atoms with Crippen LogP contribution in [0, 0.1) is 5.92 Å². The highest BCUT2D eigenvalue weighted by atomic mass is 19.4. The summed E-state index contributed by atoms with van der Waals surface area (Å²) in [6.07, 6.45) is -0.975. The normalized spacial score (nSPS) is 16.8. The van der Waals surface area contributed by atoms with E-state index in [4.69, 9.17) is 0 Å². The quantitative estimate of drug-likeness (QED) is 0.596. The van der Waals surface area contributed by atoms with E-state index >= 15 is 0 Å². The summed E-state index contributed by atoms with van der Waals surface area (Å²) in [6.45, 7) is 0. The van der Waals surface area contributed by atoms with Crippen molar-refractivity contribution >= 4 is 6.08 Å². The van der Waals surface area contributed by atoms with Crippen LogP contribution in [0.4, 0.5) is 13.2 Å². The molecular weight excluding hydrogens is 189 g/mol. The summed E-state index contributed by atoms with van der Waals surface area (Å²) in [6, 6.07) is 6.57. The molecule has 0 saturated carbocycles. The van der Waals surface area contributed by atoms with Crippen molar-refractivity contribution in [1.29, 1.82) is 0 Å². The second kappa shape index (κ2) is 3.15. The summed E-state index contributed by atoms with van der Waals surface area (Å²) in [5.41, 5.74) is 0.952. The first-order valence-electron chi connectivity index (χ1n) is 4.28. The second-order valence-corrected chi connectivity index (χ2v) is 3.17.